The molecular weight excluding hydrogens is 216 g/mol. The maximum Gasteiger partial charge on any atom is 0.354 e. The summed E-state index contributed by atoms with van der Waals surface area (Å²) < 4.78 is 24.7. The van der Waals surface area contributed by atoms with Gasteiger partial charge in [0.05, 0.1) is 0 Å². The number of alkyl halides is 3. The molecular formula is C8H6ClF2NO2. The fourth-order valence-electron chi connectivity index (χ4n) is 0.925. The standard InChI is InChI=1S/C8H6ClF2NO2/c9-3-4-1-2-5(8(13)14)12-6(4)7(10)11/h1-2,7H,3H2,(H,13,14). The van der Waals surface area contributed by atoms with E-state index in [9.17, 15) is 13.6 Å². The molecule has 1 aromatic heterocycles. The van der Waals surface area contributed by atoms with Gasteiger partial charge in [0.1, 0.15) is 11.4 Å². The van der Waals surface area contributed by atoms with Gasteiger partial charge < -0.3 is 5.11 Å². The SMILES string of the molecule is O=C(O)c1ccc(CCl)c(C(F)F)n1. The monoisotopic (exact) mass is 221 g/mol. The minimum Gasteiger partial charge on any atom is -0.477 e. The van der Waals surface area contributed by atoms with E-state index in [4.69, 9.17) is 16.7 Å². The van der Waals surface area contributed by atoms with E-state index < -0.39 is 23.8 Å². The fourth-order valence-corrected chi connectivity index (χ4v) is 1.15. The summed E-state index contributed by atoms with van der Waals surface area (Å²) >= 11 is 5.39. The van der Waals surface area contributed by atoms with Crippen LogP contribution in [0.2, 0.25) is 0 Å². The molecule has 0 saturated carbocycles. The summed E-state index contributed by atoms with van der Waals surface area (Å²) in [7, 11) is 0. The average Bonchev–Trinajstić information content (AvgIpc) is 2.16. The third kappa shape index (κ3) is 2.17. The Morgan fingerprint density at radius 2 is 2.21 bits per heavy atom. The van der Waals surface area contributed by atoms with Gasteiger partial charge in [-0.05, 0) is 11.6 Å². The van der Waals surface area contributed by atoms with Crippen LogP contribution < -0.4 is 0 Å². The first-order chi connectivity index (χ1) is 6.56. The van der Waals surface area contributed by atoms with E-state index in [0.717, 1.165) is 6.07 Å². The van der Waals surface area contributed by atoms with Crippen LogP contribution in [0.5, 0.6) is 0 Å². The van der Waals surface area contributed by atoms with Crippen LogP contribution in [-0.4, -0.2) is 16.1 Å². The summed E-state index contributed by atoms with van der Waals surface area (Å²) in [5.41, 5.74) is -0.833. The van der Waals surface area contributed by atoms with Gasteiger partial charge in [-0.15, -0.1) is 11.6 Å². The Morgan fingerprint density at radius 3 is 2.64 bits per heavy atom. The number of aromatic carboxylic acids is 1. The molecule has 0 fully saturated rings. The Balaban J connectivity index is 3.20. The number of hydrogen-bond acceptors (Lipinski definition) is 2. The molecule has 0 spiro atoms. The predicted octanol–water partition coefficient (Wildman–Crippen LogP) is 2.46. The maximum atomic E-state index is 12.3. The number of nitrogens with zero attached hydrogens (tertiary/aromatic N) is 1. The molecule has 0 aliphatic carbocycles. The molecule has 0 aromatic carbocycles. The third-order valence-electron chi connectivity index (χ3n) is 1.58. The van der Waals surface area contributed by atoms with Crippen LogP contribution >= 0.6 is 11.6 Å². The summed E-state index contributed by atoms with van der Waals surface area (Å²) in [6.07, 6.45) is -2.82. The molecule has 0 amide bonds. The second-order valence-corrected chi connectivity index (χ2v) is 2.75. The smallest absolute Gasteiger partial charge is 0.354 e. The van der Waals surface area contributed by atoms with Gasteiger partial charge in [0.2, 0.25) is 0 Å². The van der Waals surface area contributed by atoms with E-state index in [1.165, 1.54) is 6.07 Å². The summed E-state index contributed by atoms with van der Waals surface area (Å²) in [5.74, 6) is -1.46. The van der Waals surface area contributed by atoms with Gasteiger partial charge in [-0.25, -0.2) is 18.6 Å². The van der Waals surface area contributed by atoms with Crippen molar-refractivity contribution < 1.29 is 18.7 Å². The molecule has 0 aliphatic rings. The van der Waals surface area contributed by atoms with Crippen molar-refractivity contribution in [3.63, 3.8) is 0 Å². The summed E-state index contributed by atoms with van der Waals surface area (Å²) in [5, 5.41) is 8.51. The van der Waals surface area contributed by atoms with Gasteiger partial charge in [-0.3, -0.25) is 0 Å². The van der Waals surface area contributed by atoms with Crippen LogP contribution in [0.25, 0.3) is 0 Å². The molecule has 1 aromatic rings. The Hall–Kier alpha value is -1.23. The van der Waals surface area contributed by atoms with E-state index in [1.54, 1.807) is 0 Å². The normalized spacial score (nSPS) is 10.6. The zero-order valence-corrected chi connectivity index (χ0v) is 7.63. The molecule has 14 heavy (non-hydrogen) atoms. The van der Waals surface area contributed by atoms with Gasteiger partial charge >= 0.3 is 5.97 Å². The van der Waals surface area contributed by atoms with Crippen molar-refractivity contribution >= 4 is 17.6 Å². The summed E-state index contributed by atoms with van der Waals surface area (Å²) in [4.78, 5) is 13.7. The minimum atomic E-state index is -2.82. The molecule has 1 rings (SSSR count). The van der Waals surface area contributed by atoms with E-state index in [1.807, 2.05) is 0 Å². The first-order valence-electron chi connectivity index (χ1n) is 3.63. The van der Waals surface area contributed by atoms with Crippen LogP contribution in [0, 0.1) is 0 Å². The van der Waals surface area contributed by atoms with E-state index in [2.05, 4.69) is 4.98 Å². The Labute approximate surface area is 83.3 Å². The van der Waals surface area contributed by atoms with Gasteiger partial charge in [0.25, 0.3) is 6.43 Å². The van der Waals surface area contributed by atoms with Crippen molar-refractivity contribution in [1.82, 2.24) is 4.98 Å². The lowest BCUT2D eigenvalue weighted by atomic mass is 10.2. The highest BCUT2D eigenvalue weighted by atomic mass is 35.5. The van der Waals surface area contributed by atoms with E-state index in [0.29, 0.717) is 0 Å². The van der Waals surface area contributed by atoms with E-state index in [-0.39, 0.29) is 11.4 Å². The Morgan fingerprint density at radius 1 is 1.57 bits per heavy atom. The number of carboxylic acid groups (broad SMARTS) is 1. The number of rotatable bonds is 3. The molecule has 1 N–H and O–H groups in total. The van der Waals surface area contributed by atoms with Crippen molar-refractivity contribution in [1.29, 1.82) is 0 Å². The first-order valence-corrected chi connectivity index (χ1v) is 4.17. The molecule has 6 heteroatoms. The largest absolute Gasteiger partial charge is 0.477 e. The molecule has 76 valence electrons. The second-order valence-electron chi connectivity index (χ2n) is 2.48. The number of halogens is 3. The Bertz CT molecular complexity index is 357. The topological polar surface area (TPSA) is 50.2 Å². The van der Waals surface area contributed by atoms with Crippen LogP contribution in [0.15, 0.2) is 12.1 Å². The number of hydrogen-bond donors (Lipinski definition) is 1. The van der Waals surface area contributed by atoms with Crippen molar-refractivity contribution in [3.05, 3.63) is 29.1 Å². The molecule has 1 heterocycles. The summed E-state index contributed by atoms with van der Waals surface area (Å²) in [6, 6.07) is 2.39. The molecule has 0 aliphatic heterocycles. The zero-order chi connectivity index (χ0) is 10.7. The first kappa shape index (κ1) is 10.8. The molecule has 0 bridgehead atoms. The van der Waals surface area contributed by atoms with E-state index >= 15 is 0 Å². The second kappa shape index (κ2) is 4.32. The molecule has 0 atom stereocenters. The molecule has 3 nitrogen and oxygen atoms in total. The van der Waals surface area contributed by atoms with Crippen molar-refractivity contribution in [3.8, 4) is 0 Å². The zero-order valence-electron chi connectivity index (χ0n) is 6.88. The van der Waals surface area contributed by atoms with Gasteiger partial charge in [0, 0.05) is 5.88 Å². The highest BCUT2D eigenvalue weighted by Crippen LogP contribution is 2.22. The van der Waals surface area contributed by atoms with Crippen LogP contribution in [0.3, 0.4) is 0 Å². The fraction of sp³-hybridized carbons (Fsp3) is 0.250. The van der Waals surface area contributed by atoms with Crippen LogP contribution in [0.4, 0.5) is 8.78 Å². The lowest BCUT2D eigenvalue weighted by molar-refractivity contribution is 0.0688. The molecule has 0 unspecified atom stereocenters. The average molecular weight is 222 g/mol. The van der Waals surface area contributed by atoms with Gasteiger partial charge in [-0.2, -0.15) is 0 Å². The number of aromatic nitrogens is 1. The number of carbonyl (C=O) groups is 1. The number of pyridine rings is 1. The molecule has 0 radical (unpaired) electrons. The predicted molar refractivity (Wildman–Crippen MR) is 45.7 cm³/mol. The Kier molecular flexibility index (Phi) is 3.35. The van der Waals surface area contributed by atoms with Crippen LogP contribution in [0.1, 0.15) is 28.2 Å². The summed E-state index contributed by atoms with van der Waals surface area (Å²) in [6.45, 7) is 0. The maximum absolute atomic E-state index is 12.3. The lowest BCUT2D eigenvalue weighted by Gasteiger charge is -2.05. The third-order valence-corrected chi connectivity index (χ3v) is 1.87. The van der Waals surface area contributed by atoms with Crippen molar-refractivity contribution in [2.75, 3.05) is 0 Å². The quantitative estimate of drug-likeness (QED) is 0.798. The van der Waals surface area contributed by atoms with Gasteiger partial charge in [-0.1, -0.05) is 6.07 Å². The molecule has 0 saturated heterocycles. The highest BCUT2D eigenvalue weighted by Gasteiger charge is 2.17. The minimum absolute atomic E-state index is 0.118. The van der Waals surface area contributed by atoms with Gasteiger partial charge in [0.15, 0.2) is 0 Å². The number of carboxylic acids is 1. The van der Waals surface area contributed by atoms with Crippen LogP contribution in [-0.2, 0) is 5.88 Å². The van der Waals surface area contributed by atoms with Crippen molar-refractivity contribution in [2.45, 2.75) is 12.3 Å². The lowest BCUT2D eigenvalue weighted by Crippen LogP contribution is -2.05. The highest BCUT2D eigenvalue weighted by molar-refractivity contribution is 6.17. The van der Waals surface area contributed by atoms with Crippen molar-refractivity contribution in [2.24, 2.45) is 0 Å².